The molecule has 2 aromatic carbocycles. The van der Waals surface area contributed by atoms with Gasteiger partial charge in [-0.2, -0.15) is 0 Å². The lowest BCUT2D eigenvalue weighted by molar-refractivity contribution is -0.385. The Morgan fingerprint density at radius 1 is 1.24 bits per heavy atom. The number of hydrogen-bond donors (Lipinski definition) is 0. The minimum atomic E-state index is -0.619. The van der Waals surface area contributed by atoms with Crippen molar-refractivity contribution >= 4 is 11.7 Å². The molecule has 3 rings (SSSR count). The Kier molecular flexibility index (Phi) is 4.46. The van der Waals surface area contributed by atoms with E-state index >= 15 is 0 Å². The third kappa shape index (κ3) is 3.66. The molecule has 0 aliphatic carbocycles. The molecule has 0 aliphatic rings. The van der Waals surface area contributed by atoms with E-state index in [2.05, 4.69) is 15.5 Å². The summed E-state index contributed by atoms with van der Waals surface area (Å²) in [5, 5.41) is 21.7. The van der Waals surface area contributed by atoms with Gasteiger partial charge in [-0.15, -0.1) is 5.10 Å². The quantitative estimate of drug-likeness (QED) is 0.398. The SMILES string of the molecule is C[C@H](OC(=O)c1ccc(-n2cnnn2)cc1)c1cccc([N+](=O)[O-])c1. The smallest absolute Gasteiger partial charge is 0.338 e. The first-order valence-corrected chi connectivity index (χ1v) is 7.33. The van der Waals surface area contributed by atoms with Crippen molar-refractivity contribution in [2.75, 3.05) is 0 Å². The Hall–Kier alpha value is -3.62. The molecule has 0 radical (unpaired) electrons. The summed E-state index contributed by atoms with van der Waals surface area (Å²) in [7, 11) is 0. The van der Waals surface area contributed by atoms with Gasteiger partial charge in [-0.25, -0.2) is 9.48 Å². The van der Waals surface area contributed by atoms with Gasteiger partial charge in [0.15, 0.2) is 0 Å². The number of nitrogens with zero attached hydrogens (tertiary/aromatic N) is 5. The molecule has 0 bridgehead atoms. The van der Waals surface area contributed by atoms with Crippen molar-refractivity contribution in [2.45, 2.75) is 13.0 Å². The molecule has 25 heavy (non-hydrogen) atoms. The lowest BCUT2D eigenvalue weighted by Gasteiger charge is -2.13. The number of nitro groups is 1. The molecule has 9 nitrogen and oxygen atoms in total. The average molecular weight is 339 g/mol. The Bertz CT molecular complexity index is 893. The van der Waals surface area contributed by atoms with Crippen molar-refractivity contribution in [3.63, 3.8) is 0 Å². The van der Waals surface area contributed by atoms with E-state index in [0.29, 0.717) is 16.8 Å². The Morgan fingerprint density at radius 2 is 2.00 bits per heavy atom. The number of rotatable bonds is 5. The number of tetrazole rings is 1. The zero-order valence-electron chi connectivity index (χ0n) is 13.1. The van der Waals surface area contributed by atoms with Crippen molar-refractivity contribution in [3.05, 3.63) is 76.1 Å². The molecule has 0 aliphatic heterocycles. The highest BCUT2D eigenvalue weighted by Crippen LogP contribution is 2.23. The number of non-ortho nitro benzene ring substituents is 1. The van der Waals surface area contributed by atoms with Gasteiger partial charge in [-0.3, -0.25) is 10.1 Å². The first kappa shape index (κ1) is 16.2. The van der Waals surface area contributed by atoms with E-state index in [1.165, 1.54) is 23.1 Å². The van der Waals surface area contributed by atoms with Crippen molar-refractivity contribution < 1.29 is 14.5 Å². The van der Waals surface area contributed by atoms with Gasteiger partial charge in [0.25, 0.3) is 5.69 Å². The fourth-order valence-electron chi connectivity index (χ4n) is 2.22. The number of ether oxygens (including phenoxy) is 1. The number of hydrogen-bond acceptors (Lipinski definition) is 7. The molecule has 0 N–H and O–H groups in total. The van der Waals surface area contributed by atoms with Crippen LogP contribution in [-0.4, -0.2) is 31.1 Å². The number of nitro benzene ring substituents is 1. The molecule has 0 spiro atoms. The molecule has 0 amide bonds. The second kappa shape index (κ2) is 6.87. The number of carbonyl (C=O) groups excluding carboxylic acids is 1. The van der Waals surface area contributed by atoms with Crippen LogP contribution in [0.2, 0.25) is 0 Å². The summed E-state index contributed by atoms with van der Waals surface area (Å²) in [5.74, 6) is -0.526. The fraction of sp³-hybridized carbons (Fsp3) is 0.125. The molecule has 0 saturated carbocycles. The highest BCUT2D eigenvalue weighted by Gasteiger charge is 2.16. The summed E-state index contributed by atoms with van der Waals surface area (Å²) in [6.45, 7) is 1.66. The number of esters is 1. The maximum atomic E-state index is 12.2. The van der Waals surface area contributed by atoms with Crippen LogP contribution in [0, 0.1) is 10.1 Å². The summed E-state index contributed by atoms with van der Waals surface area (Å²) in [6.07, 6.45) is 0.823. The molecule has 1 aromatic heterocycles. The first-order chi connectivity index (χ1) is 12.0. The van der Waals surface area contributed by atoms with E-state index in [4.69, 9.17) is 4.74 Å². The van der Waals surface area contributed by atoms with E-state index in [0.717, 1.165) is 0 Å². The highest BCUT2D eigenvalue weighted by atomic mass is 16.6. The number of aromatic nitrogens is 4. The first-order valence-electron chi connectivity index (χ1n) is 7.33. The van der Waals surface area contributed by atoms with Gasteiger partial charge in [0.2, 0.25) is 0 Å². The van der Waals surface area contributed by atoms with E-state index in [1.54, 1.807) is 43.3 Å². The van der Waals surface area contributed by atoms with Gasteiger partial charge in [-0.1, -0.05) is 12.1 Å². The standard InChI is InChI=1S/C16H13N5O4/c1-11(13-3-2-4-15(9-13)21(23)24)25-16(22)12-5-7-14(8-6-12)20-10-17-18-19-20/h2-11H,1H3/t11-/m0/s1. The van der Waals surface area contributed by atoms with Crippen molar-refractivity contribution in [2.24, 2.45) is 0 Å². The van der Waals surface area contributed by atoms with Gasteiger partial charge >= 0.3 is 5.97 Å². The summed E-state index contributed by atoms with van der Waals surface area (Å²) in [5.41, 5.74) is 1.56. The van der Waals surface area contributed by atoms with Crippen LogP contribution in [0.25, 0.3) is 5.69 Å². The van der Waals surface area contributed by atoms with Crippen LogP contribution < -0.4 is 0 Å². The van der Waals surface area contributed by atoms with Crippen molar-refractivity contribution in [1.82, 2.24) is 20.2 Å². The minimum absolute atomic E-state index is 0.0498. The monoisotopic (exact) mass is 339 g/mol. The molecule has 1 heterocycles. The maximum absolute atomic E-state index is 12.2. The van der Waals surface area contributed by atoms with Gasteiger partial charge < -0.3 is 4.74 Å². The Labute approximate surface area is 142 Å². The molecule has 0 fully saturated rings. The van der Waals surface area contributed by atoms with Gasteiger partial charge in [0.05, 0.1) is 16.2 Å². The third-order valence-electron chi connectivity index (χ3n) is 3.55. The highest BCUT2D eigenvalue weighted by molar-refractivity contribution is 5.89. The van der Waals surface area contributed by atoms with Gasteiger partial charge in [0.1, 0.15) is 12.4 Å². The zero-order chi connectivity index (χ0) is 17.8. The van der Waals surface area contributed by atoms with Gasteiger partial charge in [0, 0.05) is 12.1 Å². The van der Waals surface area contributed by atoms with Crippen LogP contribution in [0.15, 0.2) is 54.9 Å². The van der Waals surface area contributed by atoms with E-state index in [-0.39, 0.29) is 5.69 Å². The molecule has 1 atom stereocenters. The van der Waals surface area contributed by atoms with Crippen LogP contribution in [0.4, 0.5) is 5.69 Å². The lowest BCUT2D eigenvalue weighted by atomic mass is 10.1. The maximum Gasteiger partial charge on any atom is 0.338 e. The summed E-state index contributed by atoms with van der Waals surface area (Å²) >= 11 is 0. The summed E-state index contributed by atoms with van der Waals surface area (Å²) in [6, 6.07) is 12.6. The van der Waals surface area contributed by atoms with Crippen LogP contribution in [0.1, 0.15) is 28.9 Å². The predicted octanol–water partition coefficient (Wildman–Crippen LogP) is 2.49. The molecule has 3 aromatic rings. The predicted molar refractivity (Wildman–Crippen MR) is 86.1 cm³/mol. The molecule has 0 unspecified atom stereocenters. The van der Waals surface area contributed by atoms with Crippen LogP contribution in [-0.2, 0) is 4.74 Å². The zero-order valence-corrected chi connectivity index (χ0v) is 13.1. The summed E-state index contributed by atoms with van der Waals surface area (Å²) in [4.78, 5) is 22.6. The second-order valence-corrected chi connectivity index (χ2v) is 5.20. The van der Waals surface area contributed by atoms with Crippen LogP contribution >= 0.6 is 0 Å². The van der Waals surface area contributed by atoms with Crippen LogP contribution in [0.5, 0.6) is 0 Å². The molecule has 0 saturated heterocycles. The van der Waals surface area contributed by atoms with E-state index in [9.17, 15) is 14.9 Å². The minimum Gasteiger partial charge on any atom is -0.454 e. The topological polar surface area (TPSA) is 113 Å². The van der Waals surface area contributed by atoms with Gasteiger partial charge in [-0.05, 0) is 47.2 Å². The Morgan fingerprint density at radius 3 is 2.64 bits per heavy atom. The Balaban J connectivity index is 1.71. The fourth-order valence-corrected chi connectivity index (χ4v) is 2.22. The molecule has 9 heteroatoms. The van der Waals surface area contributed by atoms with Crippen LogP contribution in [0.3, 0.4) is 0 Å². The summed E-state index contributed by atoms with van der Waals surface area (Å²) < 4.78 is 6.84. The molecule has 126 valence electrons. The normalized spacial score (nSPS) is 11.7. The molecular formula is C16H13N5O4. The number of benzene rings is 2. The molecular weight excluding hydrogens is 326 g/mol. The third-order valence-corrected chi connectivity index (χ3v) is 3.55. The van der Waals surface area contributed by atoms with E-state index < -0.39 is 17.0 Å². The lowest BCUT2D eigenvalue weighted by Crippen LogP contribution is -2.09. The van der Waals surface area contributed by atoms with Crippen molar-refractivity contribution in [3.8, 4) is 5.69 Å². The largest absolute Gasteiger partial charge is 0.454 e. The average Bonchev–Trinajstić information content (AvgIpc) is 3.16. The van der Waals surface area contributed by atoms with Crippen molar-refractivity contribution in [1.29, 1.82) is 0 Å². The number of carbonyl (C=O) groups is 1. The second-order valence-electron chi connectivity index (χ2n) is 5.20. The van der Waals surface area contributed by atoms with E-state index in [1.807, 2.05) is 0 Å².